The highest BCUT2D eigenvalue weighted by molar-refractivity contribution is 7.22. The fourth-order valence-electron chi connectivity index (χ4n) is 3.53. The van der Waals surface area contributed by atoms with Gasteiger partial charge in [0, 0.05) is 11.6 Å². The van der Waals surface area contributed by atoms with Crippen LogP contribution in [-0.2, 0) is 4.74 Å². The lowest BCUT2D eigenvalue weighted by Gasteiger charge is -2.23. The number of hydrogen-bond donors (Lipinski definition) is 0. The molecule has 1 amide bonds. The van der Waals surface area contributed by atoms with E-state index in [9.17, 15) is 4.79 Å². The first kappa shape index (κ1) is 19.6. The number of halogens is 2. The highest BCUT2D eigenvalue weighted by atomic mass is 35.5. The van der Waals surface area contributed by atoms with E-state index >= 15 is 0 Å². The van der Waals surface area contributed by atoms with Gasteiger partial charge in [0.2, 0.25) is 0 Å². The van der Waals surface area contributed by atoms with Gasteiger partial charge in [-0.05, 0) is 62.1 Å². The summed E-state index contributed by atoms with van der Waals surface area (Å²) in [5.74, 6) is -0.189. The number of carbonyl (C=O) groups is 1. The van der Waals surface area contributed by atoms with Crippen molar-refractivity contribution in [2.24, 2.45) is 0 Å². The topological polar surface area (TPSA) is 42.4 Å². The third kappa shape index (κ3) is 3.90. The van der Waals surface area contributed by atoms with Gasteiger partial charge >= 0.3 is 0 Å². The molecule has 4 nitrogen and oxygen atoms in total. The van der Waals surface area contributed by atoms with Crippen molar-refractivity contribution in [2.45, 2.75) is 32.8 Å². The number of aromatic nitrogens is 1. The average molecular weight is 435 g/mol. The van der Waals surface area contributed by atoms with Crippen molar-refractivity contribution in [3.63, 3.8) is 0 Å². The van der Waals surface area contributed by atoms with E-state index in [0.717, 1.165) is 40.8 Å². The molecule has 1 unspecified atom stereocenters. The Kier molecular flexibility index (Phi) is 5.61. The smallest absolute Gasteiger partial charge is 0.261 e. The van der Waals surface area contributed by atoms with Gasteiger partial charge in [0.25, 0.3) is 5.91 Å². The van der Waals surface area contributed by atoms with Crippen molar-refractivity contribution in [2.75, 3.05) is 18.1 Å². The van der Waals surface area contributed by atoms with Crippen LogP contribution in [0.2, 0.25) is 10.0 Å². The molecule has 3 aromatic rings. The average Bonchev–Trinajstić information content (AvgIpc) is 3.28. The molecule has 1 aliphatic rings. The molecular weight excluding hydrogens is 415 g/mol. The number of carbonyl (C=O) groups excluding carboxylic acids is 1. The van der Waals surface area contributed by atoms with Gasteiger partial charge in [-0.1, -0.05) is 40.6 Å². The molecule has 4 rings (SSSR count). The van der Waals surface area contributed by atoms with Crippen LogP contribution in [0.1, 0.15) is 34.3 Å². The number of aryl methyl sites for hydroxylation is 2. The van der Waals surface area contributed by atoms with Gasteiger partial charge < -0.3 is 4.74 Å². The molecule has 1 atom stereocenters. The van der Waals surface area contributed by atoms with E-state index in [2.05, 4.69) is 13.0 Å². The van der Waals surface area contributed by atoms with Crippen molar-refractivity contribution >= 4 is 55.8 Å². The minimum Gasteiger partial charge on any atom is -0.376 e. The summed E-state index contributed by atoms with van der Waals surface area (Å²) in [6.45, 7) is 5.30. The third-order valence-corrected chi connectivity index (χ3v) is 6.63. The molecule has 146 valence electrons. The van der Waals surface area contributed by atoms with Gasteiger partial charge in [-0.25, -0.2) is 4.98 Å². The van der Waals surface area contributed by atoms with Crippen LogP contribution < -0.4 is 4.90 Å². The molecule has 2 heterocycles. The molecule has 0 radical (unpaired) electrons. The predicted octanol–water partition coefficient (Wildman–Crippen LogP) is 6.05. The van der Waals surface area contributed by atoms with Crippen LogP contribution in [0.5, 0.6) is 0 Å². The number of rotatable bonds is 4. The van der Waals surface area contributed by atoms with E-state index in [1.54, 1.807) is 23.1 Å². The lowest BCUT2D eigenvalue weighted by molar-refractivity contribution is 0.0917. The molecule has 28 heavy (non-hydrogen) atoms. The first-order valence-electron chi connectivity index (χ1n) is 9.18. The summed E-state index contributed by atoms with van der Waals surface area (Å²) in [7, 11) is 0. The molecule has 0 bridgehead atoms. The van der Waals surface area contributed by atoms with E-state index in [0.29, 0.717) is 27.3 Å². The molecule has 0 saturated carbocycles. The van der Waals surface area contributed by atoms with Crippen LogP contribution in [0.3, 0.4) is 0 Å². The number of fused-ring (bicyclic) bond motifs is 1. The predicted molar refractivity (Wildman–Crippen MR) is 116 cm³/mol. The number of thiazole rings is 1. The number of hydrogen-bond acceptors (Lipinski definition) is 4. The molecule has 0 spiro atoms. The van der Waals surface area contributed by atoms with Gasteiger partial charge in [0.05, 0.1) is 33.5 Å². The zero-order chi connectivity index (χ0) is 19.8. The summed E-state index contributed by atoms with van der Waals surface area (Å²) in [6, 6.07) is 9.11. The Morgan fingerprint density at radius 3 is 2.82 bits per heavy atom. The quantitative estimate of drug-likeness (QED) is 0.501. The van der Waals surface area contributed by atoms with Crippen LogP contribution in [-0.4, -0.2) is 30.1 Å². The molecule has 1 aromatic heterocycles. The third-order valence-electron chi connectivity index (χ3n) is 4.86. The summed E-state index contributed by atoms with van der Waals surface area (Å²) in [5, 5.41) is 1.50. The second-order valence-corrected chi connectivity index (χ2v) is 8.92. The summed E-state index contributed by atoms with van der Waals surface area (Å²) < 4.78 is 6.88. The Balaban J connectivity index is 1.76. The van der Waals surface area contributed by atoms with E-state index in [-0.39, 0.29) is 12.0 Å². The molecule has 0 aliphatic carbocycles. The Bertz CT molecular complexity index is 1040. The molecular formula is C21H20Cl2N2O2S. The maximum Gasteiger partial charge on any atom is 0.261 e. The van der Waals surface area contributed by atoms with Crippen LogP contribution >= 0.6 is 34.5 Å². The standard InChI is InChI=1S/C21H20Cl2N2O2S/c1-12-8-13(2)19-18(9-12)24-21(28-19)25(11-15-4-3-7-27-15)20(26)16-6-5-14(22)10-17(16)23/h5-6,8-10,15H,3-4,7,11H2,1-2H3. The van der Waals surface area contributed by atoms with Gasteiger partial charge in [0.15, 0.2) is 5.13 Å². The number of ether oxygens (including phenoxy) is 1. The number of anilines is 1. The van der Waals surface area contributed by atoms with Crippen LogP contribution in [0.25, 0.3) is 10.2 Å². The SMILES string of the molecule is Cc1cc(C)c2sc(N(CC3CCCO3)C(=O)c3ccc(Cl)cc3Cl)nc2c1. The second-order valence-electron chi connectivity index (χ2n) is 7.10. The van der Waals surface area contributed by atoms with Gasteiger partial charge in [0.1, 0.15) is 0 Å². The molecule has 7 heteroatoms. The molecule has 1 aliphatic heterocycles. The number of nitrogens with zero attached hydrogens (tertiary/aromatic N) is 2. The van der Waals surface area contributed by atoms with Crippen molar-refractivity contribution in [3.05, 3.63) is 57.1 Å². The summed E-state index contributed by atoms with van der Waals surface area (Å²) in [6.07, 6.45) is 1.94. The largest absolute Gasteiger partial charge is 0.376 e. The van der Waals surface area contributed by atoms with Gasteiger partial charge in [-0.2, -0.15) is 0 Å². The summed E-state index contributed by atoms with van der Waals surface area (Å²) in [4.78, 5) is 19.9. The van der Waals surface area contributed by atoms with E-state index < -0.39 is 0 Å². The Labute approximate surface area is 178 Å². The Hall–Kier alpha value is -1.66. The first-order chi connectivity index (χ1) is 13.4. The van der Waals surface area contributed by atoms with Crippen molar-refractivity contribution in [1.82, 2.24) is 4.98 Å². The number of benzene rings is 2. The highest BCUT2D eigenvalue weighted by Gasteiger charge is 2.28. The summed E-state index contributed by atoms with van der Waals surface area (Å²) in [5.41, 5.74) is 3.63. The van der Waals surface area contributed by atoms with E-state index in [1.807, 2.05) is 13.0 Å². The molecule has 0 N–H and O–H groups in total. The maximum absolute atomic E-state index is 13.4. The normalized spacial score (nSPS) is 16.6. The monoisotopic (exact) mass is 434 g/mol. The fraction of sp³-hybridized carbons (Fsp3) is 0.333. The minimum atomic E-state index is -0.189. The molecule has 1 fully saturated rings. The van der Waals surface area contributed by atoms with E-state index in [1.165, 1.54) is 11.3 Å². The number of amides is 1. The zero-order valence-corrected chi connectivity index (χ0v) is 18.0. The lowest BCUT2D eigenvalue weighted by atomic mass is 10.1. The maximum atomic E-state index is 13.4. The van der Waals surface area contributed by atoms with Gasteiger partial charge in [-0.15, -0.1) is 0 Å². The highest BCUT2D eigenvalue weighted by Crippen LogP contribution is 2.34. The molecule has 2 aromatic carbocycles. The Morgan fingerprint density at radius 1 is 1.29 bits per heavy atom. The Morgan fingerprint density at radius 2 is 2.11 bits per heavy atom. The van der Waals surface area contributed by atoms with Crippen LogP contribution in [0.4, 0.5) is 5.13 Å². The first-order valence-corrected chi connectivity index (χ1v) is 10.8. The van der Waals surface area contributed by atoms with Crippen LogP contribution in [0, 0.1) is 13.8 Å². The van der Waals surface area contributed by atoms with E-state index in [4.69, 9.17) is 32.9 Å². The fourth-order valence-corrected chi connectivity index (χ4v) is 5.04. The van der Waals surface area contributed by atoms with Gasteiger partial charge in [-0.3, -0.25) is 9.69 Å². The lowest BCUT2D eigenvalue weighted by Crippen LogP contribution is -2.37. The second kappa shape index (κ2) is 7.99. The zero-order valence-electron chi connectivity index (χ0n) is 15.7. The van der Waals surface area contributed by atoms with Crippen molar-refractivity contribution in [1.29, 1.82) is 0 Å². The summed E-state index contributed by atoms with van der Waals surface area (Å²) >= 11 is 13.8. The van der Waals surface area contributed by atoms with Crippen LogP contribution in [0.15, 0.2) is 30.3 Å². The van der Waals surface area contributed by atoms with Crippen molar-refractivity contribution in [3.8, 4) is 0 Å². The van der Waals surface area contributed by atoms with Crippen molar-refractivity contribution < 1.29 is 9.53 Å². The minimum absolute atomic E-state index is 0.00451. The molecule has 1 saturated heterocycles.